The molecule has 5 nitrogen and oxygen atoms in total. The van der Waals surface area contributed by atoms with Gasteiger partial charge >= 0.3 is 0 Å². The van der Waals surface area contributed by atoms with Crippen molar-refractivity contribution in [2.45, 2.75) is 19.1 Å². The van der Waals surface area contributed by atoms with Crippen molar-refractivity contribution < 1.29 is 8.42 Å². The van der Waals surface area contributed by atoms with Gasteiger partial charge in [0.2, 0.25) is 15.2 Å². The summed E-state index contributed by atoms with van der Waals surface area (Å²) in [5.41, 5.74) is 0.741. The van der Waals surface area contributed by atoms with Gasteiger partial charge in [-0.05, 0) is 12.0 Å². The van der Waals surface area contributed by atoms with Crippen LogP contribution in [0.5, 0.6) is 0 Å². The third-order valence-electron chi connectivity index (χ3n) is 2.21. The van der Waals surface area contributed by atoms with Crippen molar-refractivity contribution in [2.24, 2.45) is 0 Å². The van der Waals surface area contributed by atoms with E-state index in [0.717, 1.165) is 17.0 Å². The first-order valence-electron chi connectivity index (χ1n) is 5.46. The Kier molecular flexibility index (Phi) is 3.93. The van der Waals surface area contributed by atoms with Gasteiger partial charge in [0.1, 0.15) is 5.01 Å². The number of benzene rings is 1. The van der Waals surface area contributed by atoms with Crippen LogP contribution < -0.4 is 4.72 Å². The lowest BCUT2D eigenvalue weighted by atomic mass is 10.2. The molecule has 96 valence electrons. The van der Waals surface area contributed by atoms with Crippen LogP contribution in [0.25, 0.3) is 0 Å². The number of anilines is 1. The highest BCUT2D eigenvalue weighted by Gasteiger charge is 2.14. The highest BCUT2D eigenvalue weighted by molar-refractivity contribution is 7.92. The first kappa shape index (κ1) is 13.0. The molecule has 0 amide bonds. The van der Waals surface area contributed by atoms with E-state index in [9.17, 15) is 8.42 Å². The molecular weight excluding hydrogens is 270 g/mol. The smallest absolute Gasteiger partial charge is 0.238 e. The summed E-state index contributed by atoms with van der Waals surface area (Å²) in [6, 6.07) is 9.02. The van der Waals surface area contributed by atoms with Crippen LogP contribution in [0.2, 0.25) is 0 Å². The van der Waals surface area contributed by atoms with Crippen LogP contribution in [0, 0.1) is 0 Å². The van der Waals surface area contributed by atoms with Gasteiger partial charge in [-0.25, -0.2) is 8.42 Å². The molecule has 1 aromatic heterocycles. The molecule has 0 saturated carbocycles. The monoisotopic (exact) mass is 283 g/mol. The lowest BCUT2D eigenvalue weighted by molar-refractivity contribution is 0.600. The van der Waals surface area contributed by atoms with E-state index in [1.165, 1.54) is 11.3 Å². The van der Waals surface area contributed by atoms with Gasteiger partial charge in [0, 0.05) is 0 Å². The van der Waals surface area contributed by atoms with Crippen molar-refractivity contribution in [1.29, 1.82) is 0 Å². The number of aryl methyl sites for hydroxylation is 1. The molecule has 1 heterocycles. The van der Waals surface area contributed by atoms with Crippen molar-refractivity contribution in [3.63, 3.8) is 0 Å². The molecule has 0 aliphatic rings. The van der Waals surface area contributed by atoms with E-state index < -0.39 is 10.0 Å². The van der Waals surface area contributed by atoms with Crippen LogP contribution in [0.15, 0.2) is 30.3 Å². The number of hydrogen-bond acceptors (Lipinski definition) is 5. The van der Waals surface area contributed by atoms with Gasteiger partial charge < -0.3 is 0 Å². The van der Waals surface area contributed by atoms with Crippen LogP contribution in [-0.4, -0.2) is 18.6 Å². The zero-order chi connectivity index (χ0) is 13.0. The SMILES string of the molecule is CCc1nnc(NS(=O)(=O)Cc2ccccc2)s1. The van der Waals surface area contributed by atoms with Gasteiger partial charge in [0.15, 0.2) is 0 Å². The molecule has 18 heavy (non-hydrogen) atoms. The van der Waals surface area contributed by atoms with Crippen LogP contribution in [0.4, 0.5) is 5.13 Å². The van der Waals surface area contributed by atoms with Crippen molar-refractivity contribution >= 4 is 26.5 Å². The van der Waals surface area contributed by atoms with Crippen molar-refractivity contribution in [3.05, 3.63) is 40.9 Å². The van der Waals surface area contributed by atoms with E-state index in [0.29, 0.717) is 5.13 Å². The van der Waals surface area contributed by atoms with Crippen molar-refractivity contribution in [3.8, 4) is 0 Å². The summed E-state index contributed by atoms with van der Waals surface area (Å²) in [5, 5.41) is 8.79. The third-order valence-corrected chi connectivity index (χ3v) is 4.54. The normalized spacial score (nSPS) is 11.4. The minimum atomic E-state index is -3.42. The van der Waals surface area contributed by atoms with Crippen LogP contribution in [0.3, 0.4) is 0 Å². The van der Waals surface area contributed by atoms with Crippen molar-refractivity contribution in [2.75, 3.05) is 4.72 Å². The summed E-state index contributed by atoms with van der Waals surface area (Å²) in [5.74, 6) is -0.0606. The fourth-order valence-electron chi connectivity index (χ4n) is 1.40. The van der Waals surface area contributed by atoms with Gasteiger partial charge in [-0.1, -0.05) is 48.6 Å². The minimum absolute atomic E-state index is 0.0606. The van der Waals surface area contributed by atoms with E-state index in [1.54, 1.807) is 12.1 Å². The van der Waals surface area contributed by atoms with Crippen molar-refractivity contribution in [1.82, 2.24) is 10.2 Å². The fourth-order valence-corrected chi connectivity index (χ4v) is 3.49. The van der Waals surface area contributed by atoms with Gasteiger partial charge in [-0.2, -0.15) is 0 Å². The predicted molar refractivity (Wildman–Crippen MR) is 72.0 cm³/mol. The minimum Gasteiger partial charge on any atom is -0.257 e. The maximum absolute atomic E-state index is 11.9. The molecule has 0 aliphatic carbocycles. The summed E-state index contributed by atoms with van der Waals surface area (Å²) in [6.07, 6.45) is 0.748. The quantitative estimate of drug-likeness (QED) is 0.911. The summed E-state index contributed by atoms with van der Waals surface area (Å²) >= 11 is 1.26. The molecule has 0 saturated heterocycles. The zero-order valence-electron chi connectivity index (χ0n) is 9.83. The van der Waals surface area contributed by atoms with E-state index >= 15 is 0 Å². The molecule has 1 N–H and O–H groups in total. The standard InChI is InChI=1S/C11H13N3O2S2/c1-2-10-12-13-11(17-10)14-18(15,16)8-9-6-4-3-5-7-9/h3-7H,2,8H2,1H3,(H,13,14). The lowest BCUT2D eigenvalue weighted by Gasteiger charge is -2.04. The van der Waals surface area contributed by atoms with Gasteiger partial charge in [-0.3, -0.25) is 4.72 Å². The largest absolute Gasteiger partial charge is 0.257 e. The van der Waals surface area contributed by atoms with E-state index in [-0.39, 0.29) is 5.75 Å². The summed E-state index contributed by atoms with van der Waals surface area (Å²) in [6.45, 7) is 1.95. The molecular formula is C11H13N3O2S2. The van der Waals surface area contributed by atoms with E-state index in [4.69, 9.17) is 0 Å². The first-order chi connectivity index (χ1) is 8.59. The molecule has 0 fully saturated rings. The Morgan fingerprint density at radius 2 is 1.94 bits per heavy atom. The summed E-state index contributed by atoms with van der Waals surface area (Å²) in [7, 11) is -3.42. The molecule has 0 spiro atoms. The van der Waals surface area contributed by atoms with Gasteiger partial charge in [-0.15, -0.1) is 10.2 Å². The molecule has 2 rings (SSSR count). The van der Waals surface area contributed by atoms with Crippen LogP contribution in [0.1, 0.15) is 17.5 Å². The van der Waals surface area contributed by atoms with E-state index in [2.05, 4.69) is 14.9 Å². The van der Waals surface area contributed by atoms with Crippen LogP contribution >= 0.6 is 11.3 Å². The number of rotatable bonds is 5. The highest BCUT2D eigenvalue weighted by atomic mass is 32.2. The second-order valence-corrected chi connectivity index (χ2v) is 6.49. The number of nitrogens with one attached hydrogen (secondary N) is 1. The average molecular weight is 283 g/mol. The molecule has 0 atom stereocenters. The Bertz CT molecular complexity index is 608. The molecule has 0 bridgehead atoms. The number of aromatic nitrogens is 2. The third kappa shape index (κ3) is 3.51. The Balaban J connectivity index is 2.08. The van der Waals surface area contributed by atoms with Gasteiger partial charge in [0.05, 0.1) is 5.75 Å². The molecule has 1 aromatic carbocycles. The Morgan fingerprint density at radius 3 is 2.56 bits per heavy atom. The maximum Gasteiger partial charge on any atom is 0.238 e. The zero-order valence-corrected chi connectivity index (χ0v) is 11.5. The highest BCUT2D eigenvalue weighted by Crippen LogP contribution is 2.18. The molecule has 7 heteroatoms. The first-order valence-corrected chi connectivity index (χ1v) is 7.93. The Hall–Kier alpha value is -1.47. The average Bonchev–Trinajstić information content (AvgIpc) is 2.76. The maximum atomic E-state index is 11.9. The number of nitrogens with zero attached hydrogens (tertiary/aromatic N) is 2. The number of sulfonamides is 1. The van der Waals surface area contributed by atoms with Crippen LogP contribution in [-0.2, 0) is 22.2 Å². The molecule has 0 radical (unpaired) electrons. The Morgan fingerprint density at radius 1 is 1.22 bits per heavy atom. The Labute approximate surface area is 110 Å². The lowest BCUT2D eigenvalue weighted by Crippen LogP contribution is -2.14. The van der Waals surface area contributed by atoms with E-state index in [1.807, 2.05) is 25.1 Å². The molecule has 0 unspecified atom stereocenters. The summed E-state index contributed by atoms with van der Waals surface area (Å²) < 4.78 is 26.2. The van der Waals surface area contributed by atoms with Gasteiger partial charge in [0.25, 0.3) is 0 Å². The second-order valence-electron chi connectivity index (χ2n) is 3.70. The predicted octanol–water partition coefficient (Wildman–Crippen LogP) is 2.04. The molecule has 2 aromatic rings. The molecule has 0 aliphatic heterocycles. The fraction of sp³-hybridized carbons (Fsp3) is 0.273. The topological polar surface area (TPSA) is 72.0 Å². The number of hydrogen-bond donors (Lipinski definition) is 1. The second kappa shape index (κ2) is 5.45. The summed E-state index contributed by atoms with van der Waals surface area (Å²) in [4.78, 5) is 0.